The molecule has 3 aliphatic heterocycles. The van der Waals surface area contributed by atoms with Crippen LogP contribution < -0.4 is 10.2 Å². The number of fused-ring (bicyclic) bond motifs is 2. The lowest BCUT2D eigenvalue weighted by Crippen LogP contribution is -2.47. The molecule has 0 aromatic heterocycles. The van der Waals surface area contributed by atoms with Crippen LogP contribution in [0.25, 0.3) is 0 Å². The van der Waals surface area contributed by atoms with Gasteiger partial charge in [-0.15, -0.1) is 0 Å². The van der Waals surface area contributed by atoms with Crippen molar-refractivity contribution in [3.8, 4) is 0 Å². The maximum absolute atomic E-state index is 13.1. The molecule has 24 heavy (non-hydrogen) atoms. The van der Waals surface area contributed by atoms with Crippen molar-refractivity contribution >= 4 is 33.4 Å². The molecule has 1 aromatic rings. The van der Waals surface area contributed by atoms with Crippen LogP contribution in [0.2, 0.25) is 0 Å². The fourth-order valence-electron chi connectivity index (χ4n) is 4.34. The maximum Gasteiger partial charge on any atom is 0.239 e. The van der Waals surface area contributed by atoms with Gasteiger partial charge in [-0.3, -0.25) is 9.59 Å². The van der Waals surface area contributed by atoms with Gasteiger partial charge in [0.1, 0.15) is 5.92 Å². The fraction of sp³-hybridized carbons (Fsp3) is 0.556. The summed E-state index contributed by atoms with van der Waals surface area (Å²) in [6, 6.07) is 8.27. The molecule has 0 radical (unpaired) electrons. The second kappa shape index (κ2) is 6.48. The molecule has 1 N–H and O–H groups in total. The van der Waals surface area contributed by atoms with E-state index in [4.69, 9.17) is 0 Å². The van der Waals surface area contributed by atoms with Gasteiger partial charge in [-0.25, -0.2) is 0 Å². The Morgan fingerprint density at radius 3 is 2.75 bits per heavy atom. The van der Waals surface area contributed by atoms with Gasteiger partial charge in [0.15, 0.2) is 0 Å². The Hall–Kier alpha value is -1.40. The molecule has 0 saturated carbocycles. The van der Waals surface area contributed by atoms with E-state index < -0.39 is 5.92 Å². The van der Waals surface area contributed by atoms with Gasteiger partial charge in [-0.05, 0) is 60.3 Å². The smallest absolute Gasteiger partial charge is 0.239 e. The van der Waals surface area contributed by atoms with E-state index in [1.807, 2.05) is 29.2 Å². The van der Waals surface area contributed by atoms with Crippen LogP contribution in [0.4, 0.5) is 5.69 Å². The molecule has 3 saturated heterocycles. The number of carbonyl (C=O) groups excluding carboxylic acids is 2. The standard InChI is InChI=1S/C18H22BrN3O2/c19-15-3-1-2-4-16(15)21-10-8-14(17(21)23)18(24)22-12-5-6-13(22)11-20-9-7-12/h1-4,12-14,20H,5-11H2. The second-order valence-corrected chi connectivity index (χ2v) is 7.76. The molecule has 0 aliphatic carbocycles. The summed E-state index contributed by atoms with van der Waals surface area (Å²) < 4.78 is 0.894. The highest BCUT2D eigenvalue weighted by molar-refractivity contribution is 9.10. The number of rotatable bonds is 2. The molecule has 5 nitrogen and oxygen atoms in total. The first-order valence-electron chi connectivity index (χ1n) is 8.75. The van der Waals surface area contributed by atoms with Crippen molar-refractivity contribution in [1.29, 1.82) is 0 Å². The number of nitrogens with one attached hydrogen (secondary N) is 1. The van der Waals surface area contributed by atoms with Crippen molar-refractivity contribution in [2.45, 2.75) is 37.8 Å². The number of carbonyl (C=O) groups is 2. The lowest BCUT2D eigenvalue weighted by molar-refractivity contribution is -0.142. The van der Waals surface area contributed by atoms with Gasteiger partial charge in [0, 0.05) is 29.6 Å². The summed E-state index contributed by atoms with van der Waals surface area (Å²) in [5, 5.41) is 3.41. The summed E-state index contributed by atoms with van der Waals surface area (Å²) in [4.78, 5) is 29.8. The Kier molecular flexibility index (Phi) is 4.35. The van der Waals surface area contributed by atoms with Crippen LogP contribution in [-0.4, -0.2) is 48.4 Å². The third kappa shape index (κ3) is 2.65. The SMILES string of the molecule is O=C1C(C(=O)N2C3CCNCC2CC3)CCN1c1ccccc1Br. The number of anilines is 1. The average molecular weight is 392 g/mol. The van der Waals surface area contributed by atoms with Crippen LogP contribution in [0.1, 0.15) is 25.7 Å². The van der Waals surface area contributed by atoms with Gasteiger partial charge in [-0.2, -0.15) is 0 Å². The first kappa shape index (κ1) is 16.1. The summed E-state index contributed by atoms with van der Waals surface area (Å²) in [6.45, 7) is 2.43. The van der Waals surface area contributed by atoms with E-state index in [9.17, 15) is 9.59 Å². The molecule has 0 spiro atoms. The number of nitrogens with zero attached hydrogens (tertiary/aromatic N) is 2. The lowest BCUT2D eigenvalue weighted by atomic mass is 10.0. The molecule has 3 atom stereocenters. The molecule has 128 valence electrons. The van der Waals surface area contributed by atoms with Crippen molar-refractivity contribution in [2.75, 3.05) is 24.5 Å². The second-order valence-electron chi connectivity index (χ2n) is 6.91. The molecule has 4 rings (SSSR count). The molecule has 2 amide bonds. The molecular weight excluding hydrogens is 370 g/mol. The van der Waals surface area contributed by atoms with E-state index in [1.54, 1.807) is 4.90 Å². The highest BCUT2D eigenvalue weighted by Crippen LogP contribution is 2.35. The van der Waals surface area contributed by atoms with Gasteiger partial charge in [0.2, 0.25) is 11.8 Å². The molecule has 3 heterocycles. The topological polar surface area (TPSA) is 52.7 Å². The Bertz CT molecular complexity index is 651. The lowest BCUT2D eigenvalue weighted by Gasteiger charge is -2.30. The van der Waals surface area contributed by atoms with Gasteiger partial charge in [0.05, 0.1) is 5.69 Å². The fourth-order valence-corrected chi connectivity index (χ4v) is 4.84. The van der Waals surface area contributed by atoms with E-state index in [0.29, 0.717) is 19.0 Å². The zero-order valence-corrected chi connectivity index (χ0v) is 15.2. The van der Waals surface area contributed by atoms with Gasteiger partial charge in [-0.1, -0.05) is 12.1 Å². The molecule has 6 heteroatoms. The van der Waals surface area contributed by atoms with Crippen LogP contribution in [-0.2, 0) is 9.59 Å². The summed E-state index contributed by atoms with van der Waals surface area (Å²) in [6.07, 6.45) is 3.74. The van der Waals surface area contributed by atoms with Crippen molar-refractivity contribution < 1.29 is 9.59 Å². The number of halogens is 1. The van der Waals surface area contributed by atoms with E-state index in [2.05, 4.69) is 21.2 Å². The first-order chi connectivity index (χ1) is 11.7. The third-order valence-corrected chi connectivity index (χ3v) is 6.23. The minimum atomic E-state index is -0.515. The van der Waals surface area contributed by atoms with Gasteiger partial charge < -0.3 is 15.1 Å². The monoisotopic (exact) mass is 391 g/mol. The normalized spacial score (nSPS) is 29.9. The summed E-state index contributed by atoms with van der Waals surface area (Å²) in [5.41, 5.74) is 0.860. The van der Waals surface area contributed by atoms with E-state index in [1.165, 1.54) is 0 Å². The molecule has 3 aliphatic rings. The number of para-hydroxylation sites is 1. The van der Waals surface area contributed by atoms with Crippen LogP contribution in [0.3, 0.4) is 0 Å². The number of hydrogen-bond donors (Lipinski definition) is 1. The molecule has 3 unspecified atom stereocenters. The Labute approximate surface area is 150 Å². The Morgan fingerprint density at radius 2 is 1.92 bits per heavy atom. The number of benzene rings is 1. The maximum atomic E-state index is 13.1. The van der Waals surface area contributed by atoms with Crippen LogP contribution in [0.5, 0.6) is 0 Å². The molecular formula is C18H22BrN3O2. The summed E-state index contributed by atoms with van der Waals surface area (Å²) >= 11 is 3.51. The van der Waals surface area contributed by atoms with Crippen LogP contribution in [0.15, 0.2) is 28.7 Å². The highest BCUT2D eigenvalue weighted by Gasteiger charge is 2.46. The minimum absolute atomic E-state index is 0.0470. The predicted molar refractivity (Wildman–Crippen MR) is 95.7 cm³/mol. The Balaban J connectivity index is 1.54. The van der Waals surface area contributed by atoms with Gasteiger partial charge in [0.25, 0.3) is 0 Å². The Morgan fingerprint density at radius 1 is 1.12 bits per heavy atom. The zero-order chi connectivity index (χ0) is 16.7. The first-order valence-corrected chi connectivity index (χ1v) is 9.55. The van der Waals surface area contributed by atoms with Crippen LogP contribution in [0, 0.1) is 5.92 Å². The number of hydrogen-bond acceptors (Lipinski definition) is 3. The van der Waals surface area contributed by atoms with Gasteiger partial charge >= 0.3 is 0 Å². The summed E-state index contributed by atoms with van der Waals surface area (Å²) in [5.74, 6) is -0.521. The van der Waals surface area contributed by atoms with Crippen molar-refractivity contribution in [1.82, 2.24) is 10.2 Å². The van der Waals surface area contributed by atoms with Crippen LogP contribution >= 0.6 is 15.9 Å². The molecule has 1 aromatic carbocycles. The molecule has 3 fully saturated rings. The highest BCUT2D eigenvalue weighted by atomic mass is 79.9. The predicted octanol–water partition coefficient (Wildman–Crippen LogP) is 2.15. The minimum Gasteiger partial charge on any atom is -0.335 e. The molecule has 2 bridgehead atoms. The third-order valence-electron chi connectivity index (χ3n) is 5.56. The number of amides is 2. The average Bonchev–Trinajstić information content (AvgIpc) is 3.06. The zero-order valence-electron chi connectivity index (χ0n) is 13.6. The quantitative estimate of drug-likeness (QED) is 0.785. The van der Waals surface area contributed by atoms with Crippen molar-refractivity contribution in [2.24, 2.45) is 5.92 Å². The van der Waals surface area contributed by atoms with E-state index in [0.717, 1.165) is 42.5 Å². The van der Waals surface area contributed by atoms with E-state index in [-0.39, 0.29) is 17.9 Å². The summed E-state index contributed by atoms with van der Waals surface area (Å²) in [7, 11) is 0. The van der Waals surface area contributed by atoms with Crippen molar-refractivity contribution in [3.05, 3.63) is 28.7 Å². The largest absolute Gasteiger partial charge is 0.335 e. The van der Waals surface area contributed by atoms with E-state index >= 15 is 0 Å². The van der Waals surface area contributed by atoms with Crippen molar-refractivity contribution in [3.63, 3.8) is 0 Å².